The number of carbonyl (C=O) groups excluding carboxylic acids is 1. The maximum absolute atomic E-state index is 13.8. The third kappa shape index (κ3) is 6.01. The van der Waals surface area contributed by atoms with Crippen LogP contribution in [0.1, 0.15) is 94.1 Å². The molecule has 1 saturated carbocycles. The average Bonchev–Trinajstić information content (AvgIpc) is 3.12. The molecular weight excluding hydrogens is 406 g/mol. The van der Waals surface area contributed by atoms with Gasteiger partial charge in [-0.2, -0.15) is 0 Å². The van der Waals surface area contributed by atoms with Gasteiger partial charge in [-0.05, 0) is 84.6 Å². The lowest BCUT2D eigenvalue weighted by molar-refractivity contribution is -0.123. The Labute approximate surface area is 190 Å². The van der Waals surface area contributed by atoms with Crippen molar-refractivity contribution in [2.45, 2.75) is 85.6 Å². The number of anilines is 1. The maximum atomic E-state index is 13.8. The molecule has 0 aliphatic heterocycles. The number of carboxylic acids is 1. The van der Waals surface area contributed by atoms with Crippen LogP contribution in [0.5, 0.6) is 0 Å². The molecular formula is C26H35NO3S. The molecule has 0 radical (unpaired) electrons. The fourth-order valence-corrected chi connectivity index (χ4v) is 5.25. The highest BCUT2D eigenvalue weighted by Crippen LogP contribution is 2.38. The Bertz CT molecular complexity index is 917. The lowest BCUT2D eigenvalue weighted by Gasteiger charge is -2.38. The van der Waals surface area contributed by atoms with Crippen LogP contribution in [0, 0.1) is 29.1 Å². The summed E-state index contributed by atoms with van der Waals surface area (Å²) in [6.45, 7) is 10.5. The van der Waals surface area contributed by atoms with E-state index >= 15 is 0 Å². The van der Waals surface area contributed by atoms with E-state index in [2.05, 4.69) is 31.8 Å². The fourth-order valence-electron chi connectivity index (χ4n) is 4.41. The Hall–Kier alpha value is -2.06. The molecule has 4 nitrogen and oxygen atoms in total. The summed E-state index contributed by atoms with van der Waals surface area (Å²) in [6, 6.07) is 1.90. The molecule has 2 aliphatic carbocycles. The first-order chi connectivity index (χ1) is 14.5. The molecule has 5 heteroatoms. The molecule has 1 atom stereocenters. The van der Waals surface area contributed by atoms with Crippen molar-refractivity contribution < 1.29 is 14.7 Å². The van der Waals surface area contributed by atoms with Crippen LogP contribution in [0.2, 0.25) is 0 Å². The van der Waals surface area contributed by atoms with Gasteiger partial charge in [-0.1, -0.05) is 30.4 Å². The van der Waals surface area contributed by atoms with Crippen LogP contribution < -0.4 is 4.90 Å². The second-order valence-electron chi connectivity index (χ2n) is 10.3. The standard InChI is InChI=1S/C26H35NO3S/c1-17-6-10-19(11-7-17)24(28)27(20-12-8-18(2)9-13-20)22-16-21(14-15-26(3,4)5)31-23(22)25(29)30/h6,16,18-20H,7-13H2,1-5H3,(H,29,30)/t18?,19-,20?/m1/s1. The lowest BCUT2D eigenvalue weighted by Crippen LogP contribution is -2.46. The van der Waals surface area contributed by atoms with Gasteiger partial charge in [0.15, 0.2) is 0 Å². The molecule has 31 heavy (non-hydrogen) atoms. The predicted octanol–water partition coefficient (Wildman–Crippen LogP) is 6.50. The lowest BCUT2D eigenvalue weighted by atomic mass is 9.84. The Morgan fingerprint density at radius 1 is 1.16 bits per heavy atom. The van der Waals surface area contributed by atoms with Crippen LogP contribution in [0.3, 0.4) is 0 Å². The normalized spacial score (nSPS) is 24.0. The first-order valence-electron chi connectivity index (χ1n) is 11.4. The number of hydrogen-bond donors (Lipinski definition) is 1. The number of rotatable bonds is 4. The third-order valence-electron chi connectivity index (χ3n) is 6.30. The Balaban J connectivity index is 2.01. The SMILES string of the molecule is CC1=CC[C@@H](C(=O)N(c2cc(C#CC(C)(C)C)sc2C(=O)O)C2CCC(C)CC2)CC1. The van der Waals surface area contributed by atoms with E-state index in [-0.39, 0.29) is 28.2 Å². The molecule has 1 N–H and O–H groups in total. The minimum absolute atomic E-state index is 0.0619. The van der Waals surface area contributed by atoms with E-state index in [1.165, 1.54) is 16.9 Å². The zero-order valence-corrected chi connectivity index (χ0v) is 20.3. The highest BCUT2D eigenvalue weighted by Gasteiger charge is 2.36. The molecule has 1 aromatic rings. The first kappa shape index (κ1) is 23.6. The number of hydrogen-bond acceptors (Lipinski definition) is 3. The minimum Gasteiger partial charge on any atom is -0.477 e. The molecule has 168 valence electrons. The van der Waals surface area contributed by atoms with Gasteiger partial charge >= 0.3 is 5.97 Å². The smallest absolute Gasteiger partial charge is 0.348 e. The molecule has 2 aliphatic rings. The first-order valence-corrected chi connectivity index (χ1v) is 12.3. The van der Waals surface area contributed by atoms with Crippen LogP contribution in [0.25, 0.3) is 0 Å². The zero-order chi connectivity index (χ0) is 22.8. The predicted molar refractivity (Wildman–Crippen MR) is 128 cm³/mol. The van der Waals surface area contributed by atoms with Crippen molar-refractivity contribution in [2.24, 2.45) is 17.3 Å². The van der Waals surface area contributed by atoms with Crippen molar-refractivity contribution in [1.82, 2.24) is 0 Å². The molecule has 1 amide bonds. The fraction of sp³-hybridized carbons (Fsp3) is 0.615. The van der Waals surface area contributed by atoms with Gasteiger partial charge in [-0.25, -0.2) is 4.79 Å². The van der Waals surface area contributed by atoms with Crippen molar-refractivity contribution in [1.29, 1.82) is 0 Å². The Morgan fingerprint density at radius 2 is 1.84 bits per heavy atom. The third-order valence-corrected chi connectivity index (χ3v) is 7.33. The molecule has 0 spiro atoms. The van der Waals surface area contributed by atoms with Gasteiger partial charge in [-0.3, -0.25) is 4.79 Å². The second kappa shape index (κ2) is 9.61. The number of thiophene rings is 1. The van der Waals surface area contributed by atoms with Gasteiger partial charge in [0.2, 0.25) is 5.91 Å². The Morgan fingerprint density at radius 3 is 2.39 bits per heavy atom. The van der Waals surface area contributed by atoms with Crippen molar-refractivity contribution in [2.75, 3.05) is 4.90 Å². The van der Waals surface area contributed by atoms with Gasteiger partial charge < -0.3 is 10.0 Å². The summed E-state index contributed by atoms with van der Waals surface area (Å²) < 4.78 is 0. The summed E-state index contributed by atoms with van der Waals surface area (Å²) >= 11 is 1.19. The summed E-state index contributed by atoms with van der Waals surface area (Å²) in [5, 5.41) is 9.94. The highest BCUT2D eigenvalue weighted by atomic mass is 32.1. The molecule has 0 saturated heterocycles. The molecule has 0 aromatic carbocycles. The van der Waals surface area contributed by atoms with Crippen molar-refractivity contribution in [3.8, 4) is 11.8 Å². The highest BCUT2D eigenvalue weighted by molar-refractivity contribution is 7.15. The average molecular weight is 442 g/mol. The van der Waals surface area contributed by atoms with E-state index in [0.717, 1.165) is 44.9 Å². The van der Waals surface area contributed by atoms with Crippen LogP contribution in [-0.4, -0.2) is 23.0 Å². The van der Waals surface area contributed by atoms with E-state index in [1.54, 1.807) is 0 Å². The number of nitrogens with zero attached hydrogens (tertiary/aromatic N) is 1. The van der Waals surface area contributed by atoms with Crippen LogP contribution in [0.4, 0.5) is 5.69 Å². The number of carboxylic acid groups (broad SMARTS) is 1. The molecule has 1 fully saturated rings. The topological polar surface area (TPSA) is 57.6 Å². The van der Waals surface area contributed by atoms with E-state index in [1.807, 2.05) is 31.7 Å². The summed E-state index contributed by atoms with van der Waals surface area (Å²) in [6.07, 6.45) is 8.67. The number of amides is 1. The van der Waals surface area contributed by atoms with E-state index in [4.69, 9.17) is 0 Å². The van der Waals surface area contributed by atoms with Gasteiger partial charge in [-0.15, -0.1) is 11.3 Å². The summed E-state index contributed by atoms with van der Waals surface area (Å²) in [7, 11) is 0. The largest absolute Gasteiger partial charge is 0.477 e. The van der Waals surface area contributed by atoms with Crippen molar-refractivity contribution in [3.63, 3.8) is 0 Å². The molecule has 0 unspecified atom stereocenters. The molecule has 1 aromatic heterocycles. The van der Waals surface area contributed by atoms with Crippen LogP contribution in [-0.2, 0) is 4.79 Å². The van der Waals surface area contributed by atoms with Crippen LogP contribution in [0.15, 0.2) is 17.7 Å². The van der Waals surface area contributed by atoms with Crippen molar-refractivity contribution >= 4 is 28.9 Å². The van der Waals surface area contributed by atoms with E-state index < -0.39 is 5.97 Å². The zero-order valence-electron chi connectivity index (χ0n) is 19.5. The summed E-state index contributed by atoms with van der Waals surface area (Å²) in [5.41, 5.74) is 1.71. The number of carbonyl (C=O) groups is 2. The van der Waals surface area contributed by atoms with Crippen molar-refractivity contribution in [3.05, 3.63) is 27.5 Å². The van der Waals surface area contributed by atoms with Gasteiger partial charge in [0.25, 0.3) is 0 Å². The second-order valence-corrected chi connectivity index (χ2v) is 11.3. The van der Waals surface area contributed by atoms with Gasteiger partial charge in [0, 0.05) is 17.4 Å². The molecule has 1 heterocycles. The molecule has 0 bridgehead atoms. The number of aromatic carboxylic acids is 1. The monoisotopic (exact) mass is 441 g/mol. The quantitative estimate of drug-likeness (QED) is 0.428. The van der Waals surface area contributed by atoms with E-state index in [9.17, 15) is 14.7 Å². The summed E-state index contributed by atoms with van der Waals surface area (Å²) in [4.78, 5) is 28.7. The maximum Gasteiger partial charge on any atom is 0.348 e. The minimum atomic E-state index is -0.981. The Kier molecular flexibility index (Phi) is 7.31. The van der Waals surface area contributed by atoms with Gasteiger partial charge in [0.1, 0.15) is 4.88 Å². The van der Waals surface area contributed by atoms with Gasteiger partial charge in [0.05, 0.1) is 10.6 Å². The van der Waals surface area contributed by atoms with E-state index in [0.29, 0.717) is 16.5 Å². The van der Waals surface area contributed by atoms with Crippen LogP contribution >= 0.6 is 11.3 Å². The number of allylic oxidation sites excluding steroid dienone is 2. The molecule has 3 rings (SSSR count). The summed E-state index contributed by atoms with van der Waals surface area (Å²) in [5.74, 6) is 6.02.